The number of benzene rings is 1. The van der Waals surface area contributed by atoms with E-state index < -0.39 is 6.30 Å². The van der Waals surface area contributed by atoms with Gasteiger partial charge < -0.3 is 4.90 Å². The van der Waals surface area contributed by atoms with Gasteiger partial charge in [-0.05, 0) is 23.8 Å². The fourth-order valence-electron chi connectivity index (χ4n) is 2.21. The van der Waals surface area contributed by atoms with Crippen LogP contribution in [0, 0.1) is 5.82 Å². The number of hydrogen-bond donors (Lipinski definition) is 0. The van der Waals surface area contributed by atoms with Crippen molar-refractivity contribution in [3.63, 3.8) is 0 Å². The SMILES string of the molecule is C=CCN1c2cc(-c3ccc(F)cc3)cnc2C1F. The van der Waals surface area contributed by atoms with Crippen LogP contribution in [-0.4, -0.2) is 11.5 Å². The predicted octanol–water partition coefficient (Wildman–Crippen LogP) is 3.86. The Balaban J connectivity index is 1.98. The summed E-state index contributed by atoms with van der Waals surface area (Å²) in [6, 6.07) is 8.03. The first kappa shape index (κ1) is 11.8. The average molecular weight is 258 g/mol. The second-order valence-corrected chi connectivity index (χ2v) is 4.41. The van der Waals surface area contributed by atoms with Gasteiger partial charge in [0, 0.05) is 18.3 Å². The van der Waals surface area contributed by atoms with Gasteiger partial charge in [-0.3, -0.25) is 4.98 Å². The zero-order valence-electron chi connectivity index (χ0n) is 10.2. The number of pyridine rings is 1. The van der Waals surface area contributed by atoms with E-state index >= 15 is 0 Å². The van der Waals surface area contributed by atoms with Crippen molar-refractivity contribution in [1.29, 1.82) is 0 Å². The Bertz CT molecular complexity index is 623. The van der Waals surface area contributed by atoms with Crippen molar-refractivity contribution >= 4 is 5.69 Å². The minimum absolute atomic E-state index is 0.280. The quantitative estimate of drug-likeness (QED) is 0.614. The van der Waals surface area contributed by atoms with Crippen molar-refractivity contribution in [2.24, 2.45) is 0 Å². The van der Waals surface area contributed by atoms with Crippen LogP contribution in [-0.2, 0) is 0 Å². The Hall–Kier alpha value is -2.23. The maximum atomic E-state index is 13.7. The Morgan fingerprint density at radius 2 is 2.00 bits per heavy atom. The van der Waals surface area contributed by atoms with Crippen molar-refractivity contribution in [2.45, 2.75) is 6.30 Å². The molecule has 96 valence electrons. The molecule has 0 bridgehead atoms. The van der Waals surface area contributed by atoms with Crippen molar-refractivity contribution in [2.75, 3.05) is 11.4 Å². The summed E-state index contributed by atoms with van der Waals surface area (Å²) in [7, 11) is 0. The number of alkyl halides is 1. The van der Waals surface area contributed by atoms with Gasteiger partial charge in [-0.25, -0.2) is 8.78 Å². The molecule has 0 saturated carbocycles. The molecule has 2 heterocycles. The number of rotatable bonds is 3. The van der Waals surface area contributed by atoms with E-state index in [9.17, 15) is 8.78 Å². The first-order chi connectivity index (χ1) is 9.20. The second kappa shape index (κ2) is 4.46. The molecule has 0 saturated heterocycles. The molecule has 1 aliphatic heterocycles. The molecule has 0 spiro atoms. The molecule has 0 amide bonds. The highest BCUT2D eigenvalue weighted by Crippen LogP contribution is 2.43. The summed E-state index contributed by atoms with van der Waals surface area (Å²) in [6.45, 7) is 4.06. The second-order valence-electron chi connectivity index (χ2n) is 4.41. The molecule has 1 atom stereocenters. The molecule has 4 heteroatoms. The molecule has 1 unspecified atom stereocenters. The highest BCUT2D eigenvalue weighted by molar-refractivity contribution is 5.72. The summed E-state index contributed by atoms with van der Waals surface area (Å²) in [5.74, 6) is -0.280. The molecular weight excluding hydrogens is 246 g/mol. The van der Waals surface area contributed by atoms with Gasteiger partial charge in [0.1, 0.15) is 11.5 Å². The van der Waals surface area contributed by atoms with Gasteiger partial charge in [-0.2, -0.15) is 0 Å². The van der Waals surface area contributed by atoms with E-state index in [1.165, 1.54) is 12.1 Å². The van der Waals surface area contributed by atoms with Gasteiger partial charge in [0.15, 0.2) is 0 Å². The van der Waals surface area contributed by atoms with E-state index in [1.54, 1.807) is 29.3 Å². The molecule has 2 nitrogen and oxygen atoms in total. The summed E-state index contributed by atoms with van der Waals surface area (Å²) in [5, 5.41) is 0. The van der Waals surface area contributed by atoms with Gasteiger partial charge in [-0.15, -0.1) is 6.58 Å². The molecule has 3 rings (SSSR count). The molecule has 19 heavy (non-hydrogen) atoms. The third-order valence-corrected chi connectivity index (χ3v) is 3.21. The van der Waals surface area contributed by atoms with E-state index in [0.29, 0.717) is 12.2 Å². The summed E-state index contributed by atoms with van der Waals surface area (Å²) in [4.78, 5) is 5.72. The monoisotopic (exact) mass is 258 g/mol. The molecule has 2 aromatic rings. The van der Waals surface area contributed by atoms with Gasteiger partial charge in [-0.1, -0.05) is 18.2 Å². The van der Waals surface area contributed by atoms with E-state index in [0.717, 1.165) is 16.8 Å². The van der Waals surface area contributed by atoms with Crippen molar-refractivity contribution in [3.8, 4) is 11.1 Å². The van der Waals surface area contributed by atoms with Crippen LogP contribution in [0.5, 0.6) is 0 Å². The van der Waals surface area contributed by atoms with Crippen molar-refractivity contribution < 1.29 is 8.78 Å². The summed E-state index contributed by atoms with van der Waals surface area (Å²) < 4.78 is 26.6. The van der Waals surface area contributed by atoms with E-state index in [1.807, 2.05) is 6.07 Å². The number of anilines is 1. The first-order valence-electron chi connectivity index (χ1n) is 5.98. The van der Waals surface area contributed by atoms with Crippen molar-refractivity contribution in [1.82, 2.24) is 4.98 Å². The topological polar surface area (TPSA) is 16.1 Å². The minimum Gasteiger partial charge on any atom is -0.331 e. The van der Waals surface area contributed by atoms with Gasteiger partial charge in [0.2, 0.25) is 6.30 Å². The lowest BCUT2D eigenvalue weighted by atomic mass is 10.0. The van der Waals surface area contributed by atoms with E-state index in [4.69, 9.17) is 0 Å². The fourth-order valence-corrected chi connectivity index (χ4v) is 2.21. The zero-order valence-corrected chi connectivity index (χ0v) is 10.2. The Morgan fingerprint density at radius 1 is 1.26 bits per heavy atom. The first-order valence-corrected chi connectivity index (χ1v) is 5.98. The average Bonchev–Trinajstić information content (AvgIpc) is 2.44. The summed E-state index contributed by atoms with van der Waals surface area (Å²) >= 11 is 0. The van der Waals surface area contributed by atoms with Crippen LogP contribution in [0.1, 0.15) is 12.0 Å². The smallest absolute Gasteiger partial charge is 0.217 e. The lowest BCUT2D eigenvalue weighted by molar-refractivity contribution is 0.296. The summed E-state index contributed by atoms with van der Waals surface area (Å²) in [5.41, 5.74) is 2.93. The summed E-state index contributed by atoms with van der Waals surface area (Å²) in [6.07, 6.45) is 2.11. The van der Waals surface area contributed by atoms with Crippen LogP contribution in [0.3, 0.4) is 0 Å². The van der Waals surface area contributed by atoms with Crippen molar-refractivity contribution in [3.05, 3.63) is 60.7 Å². The molecule has 1 aromatic heterocycles. The maximum Gasteiger partial charge on any atom is 0.217 e. The fraction of sp³-hybridized carbons (Fsp3) is 0.133. The highest BCUT2D eigenvalue weighted by Gasteiger charge is 2.35. The Morgan fingerprint density at radius 3 is 2.68 bits per heavy atom. The predicted molar refractivity (Wildman–Crippen MR) is 71.0 cm³/mol. The standard InChI is InChI=1S/C15H12F2N2/c1-2-7-19-13-8-11(9-18-14(13)15(19)17)10-3-5-12(16)6-4-10/h2-6,8-9,15H,1,7H2. The number of hydrogen-bond acceptors (Lipinski definition) is 2. The third-order valence-electron chi connectivity index (χ3n) is 3.21. The highest BCUT2D eigenvalue weighted by atomic mass is 19.1. The Labute approximate surface area is 110 Å². The van der Waals surface area contributed by atoms with Crippen LogP contribution >= 0.6 is 0 Å². The maximum absolute atomic E-state index is 13.7. The third kappa shape index (κ3) is 1.89. The van der Waals surface area contributed by atoms with Gasteiger partial charge in [0.25, 0.3) is 0 Å². The molecule has 0 fully saturated rings. The van der Waals surface area contributed by atoms with Crippen LogP contribution in [0.25, 0.3) is 11.1 Å². The van der Waals surface area contributed by atoms with Crippen LogP contribution in [0.15, 0.2) is 49.2 Å². The number of fused-ring (bicyclic) bond motifs is 1. The molecule has 0 radical (unpaired) electrons. The molecule has 1 aromatic carbocycles. The lowest BCUT2D eigenvalue weighted by Gasteiger charge is -2.38. The van der Waals surface area contributed by atoms with Gasteiger partial charge >= 0.3 is 0 Å². The van der Waals surface area contributed by atoms with Gasteiger partial charge in [0.05, 0.1) is 5.69 Å². The van der Waals surface area contributed by atoms with E-state index in [2.05, 4.69) is 11.6 Å². The largest absolute Gasteiger partial charge is 0.331 e. The number of halogens is 2. The van der Waals surface area contributed by atoms with Crippen LogP contribution in [0.4, 0.5) is 14.5 Å². The number of nitrogens with zero attached hydrogens (tertiary/aromatic N) is 2. The minimum atomic E-state index is -1.16. The molecule has 0 aliphatic carbocycles. The molecule has 0 N–H and O–H groups in total. The normalized spacial score (nSPS) is 16.7. The lowest BCUT2D eigenvalue weighted by Crippen LogP contribution is -2.36. The van der Waals surface area contributed by atoms with E-state index in [-0.39, 0.29) is 5.82 Å². The Kier molecular flexibility index (Phi) is 2.78. The number of aromatic nitrogens is 1. The molecular formula is C15H12F2N2. The zero-order chi connectivity index (χ0) is 13.4. The van der Waals surface area contributed by atoms with Crippen LogP contribution < -0.4 is 4.90 Å². The van der Waals surface area contributed by atoms with Crippen LogP contribution in [0.2, 0.25) is 0 Å². The molecule has 1 aliphatic rings.